The summed E-state index contributed by atoms with van der Waals surface area (Å²) < 4.78 is 12.4. The second-order valence-corrected chi connectivity index (χ2v) is 6.77. The molecule has 0 unspecified atom stereocenters. The van der Waals surface area contributed by atoms with E-state index in [1.165, 1.54) is 0 Å². The molecule has 1 aromatic heterocycles. The molecule has 1 aliphatic rings. The van der Waals surface area contributed by atoms with Crippen molar-refractivity contribution in [2.45, 2.75) is 44.2 Å². The van der Waals surface area contributed by atoms with Crippen LogP contribution in [0.2, 0.25) is 0 Å². The van der Waals surface area contributed by atoms with E-state index in [-0.39, 0.29) is 5.91 Å². The van der Waals surface area contributed by atoms with E-state index in [1.54, 1.807) is 26.7 Å². The Labute approximate surface area is 154 Å². The van der Waals surface area contributed by atoms with Gasteiger partial charge in [-0.25, -0.2) is 4.98 Å². The fraction of sp³-hybridized carbons (Fsp3) is 0.500. The molecule has 26 heavy (non-hydrogen) atoms. The number of nitrogens with zero attached hydrogens (tertiary/aromatic N) is 2. The monoisotopic (exact) mass is 357 g/mol. The highest BCUT2D eigenvalue weighted by atomic mass is 16.5. The Morgan fingerprint density at radius 3 is 2.62 bits per heavy atom. The summed E-state index contributed by atoms with van der Waals surface area (Å²) in [5.41, 5.74) is 1.61. The predicted molar refractivity (Wildman–Crippen MR) is 99.1 cm³/mol. The maximum absolute atomic E-state index is 13.1. The molecule has 0 atom stereocenters. The molecular formula is C20H27N3O3. The first kappa shape index (κ1) is 18.5. The third-order valence-corrected chi connectivity index (χ3v) is 5.30. The highest BCUT2D eigenvalue weighted by Gasteiger charge is 2.42. The first-order valence-electron chi connectivity index (χ1n) is 9.10. The number of rotatable bonds is 8. The van der Waals surface area contributed by atoms with Crippen molar-refractivity contribution < 1.29 is 14.3 Å². The molecule has 1 aliphatic carbocycles. The Morgan fingerprint density at radius 1 is 1.23 bits per heavy atom. The largest absolute Gasteiger partial charge is 0.497 e. The lowest BCUT2D eigenvalue weighted by Gasteiger charge is -2.28. The van der Waals surface area contributed by atoms with E-state index in [1.807, 2.05) is 28.8 Å². The lowest BCUT2D eigenvalue weighted by atomic mass is 9.78. The SMILES string of the molecule is COCCn1cncc1CNC(=O)C1(c2ccc(OC)cc2)CCCC1. The zero-order valence-electron chi connectivity index (χ0n) is 15.5. The summed E-state index contributed by atoms with van der Waals surface area (Å²) in [5.74, 6) is 0.906. The van der Waals surface area contributed by atoms with Gasteiger partial charge in [-0.2, -0.15) is 0 Å². The van der Waals surface area contributed by atoms with Crippen LogP contribution >= 0.6 is 0 Å². The van der Waals surface area contributed by atoms with Crippen molar-refractivity contribution in [3.05, 3.63) is 48.0 Å². The summed E-state index contributed by atoms with van der Waals surface area (Å²) in [5, 5.41) is 3.14. The van der Waals surface area contributed by atoms with Gasteiger partial charge >= 0.3 is 0 Å². The van der Waals surface area contributed by atoms with Gasteiger partial charge in [-0.3, -0.25) is 4.79 Å². The van der Waals surface area contributed by atoms with Gasteiger partial charge in [0.25, 0.3) is 0 Å². The van der Waals surface area contributed by atoms with Gasteiger partial charge in [0.05, 0.1) is 37.7 Å². The van der Waals surface area contributed by atoms with Gasteiger partial charge in [-0.15, -0.1) is 0 Å². The highest BCUT2D eigenvalue weighted by molar-refractivity contribution is 5.88. The molecular weight excluding hydrogens is 330 g/mol. The molecule has 2 aromatic rings. The number of imidazole rings is 1. The molecule has 0 aliphatic heterocycles. The molecule has 0 spiro atoms. The van der Waals surface area contributed by atoms with E-state index in [9.17, 15) is 4.79 Å². The number of carbonyl (C=O) groups excluding carboxylic acids is 1. The molecule has 1 amide bonds. The average molecular weight is 357 g/mol. The van der Waals surface area contributed by atoms with Crippen molar-refractivity contribution in [3.8, 4) is 5.75 Å². The van der Waals surface area contributed by atoms with Crippen molar-refractivity contribution in [1.29, 1.82) is 0 Å². The van der Waals surface area contributed by atoms with Crippen LogP contribution < -0.4 is 10.1 Å². The number of hydrogen-bond donors (Lipinski definition) is 1. The third-order valence-electron chi connectivity index (χ3n) is 5.30. The van der Waals surface area contributed by atoms with Crippen LogP contribution in [0, 0.1) is 0 Å². The van der Waals surface area contributed by atoms with Crippen LogP contribution in [0.3, 0.4) is 0 Å². The van der Waals surface area contributed by atoms with Crippen LogP contribution in [-0.4, -0.2) is 36.3 Å². The standard InChI is InChI=1S/C20H27N3O3/c1-25-12-11-23-15-21-13-17(23)14-22-19(24)20(9-3-4-10-20)16-5-7-18(26-2)8-6-16/h5-8,13,15H,3-4,9-12,14H2,1-2H3,(H,22,24). The van der Waals surface area contributed by atoms with Crippen molar-refractivity contribution in [1.82, 2.24) is 14.9 Å². The van der Waals surface area contributed by atoms with Crippen molar-refractivity contribution in [2.24, 2.45) is 0 Å². The molecule has 1 aromatic carbocycles. The van der Waals surface area contributed by atoms with E-state index in [0.29, 0.717) is 13.2 Å². The number of hydrogen-bond acceptors (Lipinski definition) is 4. The van der Waals surface area contributed by atoms with Gasteiger partial charge in [0.15, 0.2) is 0 Å². The molecule has 140 valence electrons. The molecule has 0 bridgehead atoms. The number of aromatic nitrogens is 2. The Hall–Kier alpha value is -2.34. The predicted octanol–water partition coefficient (Wildman–Crippen LogP) is 2.67. The minimum atomic E-state index is -0.441. The van der Waals surface area contributed by atoms with Gasteiger partial charge in [0.2, 0.25) is 5.91 Å². The third kappa shape index (κ3) is 3.75. The minimum Gasteiger partial charge on any atom is -0.497 e. The van der Waals surface area contributed by atoms with Gasteiger partial charge < -0.3 is 19.4 Å². The number of ether oxygens (including phenoxy) is 2. The zero-order valence-corrected chi connectivity index (χ0v) is 15.5. The molecule has 6 nitrogen and oxygen atoms in total. The Kier molecular flexibility index (Phi) is 5.93. The summed E-state index contributed by atoms with van der Waals surface area (Å²) >= 11 is 0. The lowest BCUT2D eigenvalue weighted by molar-refractivity contribution is -0.126. The molecule has 0 saturated heterocycles. The number of nitrogens with one attached hydrogen (secondary N) is 1. The second kappa shape index (κ2) is 8.36. The van der Waals surface area contributed by atoms with Gasteiger partial charge in [-0.1, -0.05) is 25.0 Å². The van der Waals surface area contributed by atoms with Crippen molar-refractivity contribution in [3.63, 3.8) is 0 Å². The number of methoxy groups -OCH3 is 2. The lowest BCUT2D eigenvalue weighted by Crippen LogP contribution is -2.42. The van der Waals surface area contributed by atoms with Crippen molar-refractivity contribution >= 4 is 5.91 Å². The Bertz CT molecular complexity index is 718. The van der Waals surface area contributed by atoms with Gasteiger partial charge in [-0.05, 0) is 30.5 Å². The molecule has 0 radical (unpaired) electrons. The second-order valence-electron chi connectivity index (χ2n) is 6.77. The zero-order chi connectivity index (χ0) is 18.4. The maximum Gasteiger partial charge on any atom is 0.230 e. The normalized spacial score (nSPS) is 15.8. The summed E-state index contributed by atoms with van der Waals surface area (Å²) in [4.78, 5) is 17.3. The first-order valence-corrected chi connectivity index (χ1v) is 9.10. The summed E-state index contributed by atoms with van der Waals surface area (Å²) in [6, 6.07) is 7.91. The smallest absolute Gasteiger partial charge is 0.230 e. The molecule has 1 N–H and O–H groups in total. The van der Waals surface area contributed by atoms with Crippen LogP contribution in [0.25, 0.3) is 0 Å². The Balaban J connectivity index is 1.72. The maximum atomic E-state index is 13.1. The van der Waals surface area contributed by atoms with Gasteiger partial charge in [0, 0.05) is 19.9 Å². The van der Waals surface area contributed by atoms with Crippen molar-refractivity contribution in [2.75, 3.05) is 20.8 Å². The minimum absolute atomic E-state index is 0.0969. The summed E-state index contributed by atoms with van der Waals surface area (Å²) in [6.07, 6.45) is 7.48. The topological polar surface area (TPSA) is 65.4 Å². The summed E-state index contributed by atoms with van der Waals surface area (Å²) in [6.45, 7) is 1.82. The van der Waals surface area contributed by atoms with E-state index in [4.69, 9.17) is 9.47 Å². The molecule has 1 heterocycles. The molecule has 1 saturated carbocycles. The van der Waals surface area contributed by atoms with Gasteiger partial charge in [0.1, 0.15) is 5.75 Å². The van der Waals surface area contributed by atoms with E-state index >= 15 is 0 Å². The van der Waals surface area contributed by atoms with E-state index in [0.717, 1.165) is 49.2 Å². The Morgan fingerprint density at radius 2 is 1.96 bits per heavy atom. The van der Waals surface area contributed by atoms with E-state index < -0.39 is 5.41 Å². The quantitative estimate of drug-likeness (QED) is 0.789. The number of benzene rings is 1. The molecule has 1 fully saturated rings. The van der Waals surface area contributed by atoms with Crippen LogP contribution in [0.4, 0.5) is 0 Å². The van der Waals surface area contributed by atoms with Crippen LogP contribution in [0.1, 0.15) is 36.9 Å². The number of carbonyl (C=O) groups is 1. The molecule has 3 rings (SSSR count). The fourth-order valence-electron chi connectivity index (χ4n) is 3.76. The molecule has 6 heteroatoms. The summed E-state index contributed by atoms with van der Waals surface area (Å²) in [7, 11) is 3.33. The van der Waals surface area contributed by atoms with Crippen LogP contribution in [-0.2, 0) is 28.0 Å². The average Bonchev–Trinajstić information content (AvgIpc) is 3.34. The first-order chi connectivity index (χ1) is 12.7. The fourth-order valence-corrected chi connectivity index (χ4v) is 3.76. The number of amides is 1. The van der Waals surface area contributed by atoms with E-state index in [2.05, 4.69) is 10.3 Å². The van der Waals surface area contributed by atoms with Crippen LogP contribution in [0.15, 0.2) is 36.8 Å². The van der Waals surface area contributed by atoms with Crippen LogP contribution in [0.5, 0.6) is 5.75 Å². The highest BCUT2D eigenvalue weighted by Crippen LogP contribution is 2.41.